The zero-order valence-corrected chi connectivity index (χ0v) is 13.0. The molecular formula is C17H29N3. The van der Waals surface area contributed by atoms with Gasteiger partial charge in [0.1, 0.15) is 0 Å². The van der Waals surface area contributed by atoms with Gasteiger partial charge in [-0.3, -0.25) is 4.90 Å². The monoisotopic (exact) mass is 275 g/mol. The Morgan fingerprint density at radius 2 is 1.90 bits per heavy atom. The molecule has 0 aromatic heterocycles. The van der Waals surface area contributed by atoms with Gasteiger partial charge < -0.3 is 10.6 Å². The molecule has 0 amide bonds. The topological polar surface area (TPSA) is 32.5 Å². The summed E-state index contributed by atoms with van der Waals surface area (Å²) in [6.45, 7) is 10.6. The molecule has 1 aliphatic heterocycles. The fourth-order valence-corrected chi connectivity index (χ4v) is 3.24. The molecule has 0 bridgehead atoms. The Morgan fingerprint density at radius 1 is 1.20 bits per heavy atom. The molecule has 3 heteroatoms. The largest absolute Gasteiger partial charge is 0.399 e. The molecule has 1 unspecified atom stereocenters. The third-order valence-corrected chi connectivity index (χ3v) is 4.50. The Balaban J connectivity index is 1.69. The van der Waals surface area contributed by atoms with Crippen molar-refractivity contribution in [3.05, 3.63) is 29.8 Å². The minimum atomic E-state index is 0.779. The molecule has 1 heterocycles. The molecule has 0 radical (unpaired) electrons. The minimum Gasteiger partial charge on any atom is -0.399 e. The first-order valence-corrected chi connectivity index (χ1v) is 8.03. The zero-order valence-electron chi connectivity index (χ0n) is 13.0. The number of rotatable bonds is 7. The van der Waals surface area contributed by atoms with Crippen LogP contribution in [-0.4, -0.2) is 48.6 Å². The molecule has 112 valence electrons. The van der Waals surface area contributed by atoms with Gasteiger partial charge in [-0.05, 0) is 63.1 Å². The standard InChI is InChI=1S/C17H29N3/c1-3-20(4-2)17-11-13-19(14-17)12-5-6-15-7-9-16(18)10-8-15/h7-10,17H,3-6,11-14,18H2,1-2H3. The summed E-state index contributed by atoms with van der Waals surface area (Å²) in [7, 11) is 0. The molecule has 0 aliphatic carbocycles. The number of benzene rings is 1. The second kappa shape index (κ2) is 7.65. The van der Waals surface area contributed by atoms with Crippen molar-refractivity contribution in [1.82, 2.24) is 9.80 Å². The quantitative estimate of drug-likeness (QED) is 0.776. The van der Waals surface area contributed by atoms with Gasteiger partial charge in [0.05, 0.1) is 0 Å². The van der Waals surface area contributed by atoms with Crippen LogP contribution in [0.4, 0.5) is 5.69 Å². The fraction of sp³-hybridized carbons (Fsp3) is 0.647. The summed E-state index contributed by atoms with van der Waals surface area (Å²) in [5, 5.41) is 0. The number of hydrogen-bond acceptors (Lipinski definition) is 3. The van der Waals surface area contributed by atoms with E-state index < -0.39 is 0 Å². The van der Waals surface area contributed by atoms with E-state index in [1.807, 2.05) is 12.1 Å². The SMILES string of the molecule is CCN(CC)C1CCN(CCCc2ccc(N)cc2)C1. The van der Waals surface area contributed by atoms with E-state index >= 15 is 0 Å². The second-order valence-electron chi connectivity index (χ2n) is 5.81. The summed E-state index contributed by atoms with van der Waals surface area (Å²) in [6, 6.07) is 9.08. The maximum Gasteiger partial charge on any atom is 0.0314 e. The first-order valence-electron chi connectivity index (χ1n) is 8.03. The smallest absolute Gasteiger partial charge is 0.0314 e. The molecule has 1 aliphatic rings. The maximum absolute atomic E-state index is 5.71. The number of anilines is 1. The number of nitrogen functional groups attached to an aromatic ring is 1. The molecule has 20 heavy (non-hydrogen) atoms. The van der Waals surface area contributed by atoms with E-state index in [1.54, 1.807) is 0 Å². The first-order chi connectivity index (χ1) is 9.72. The zero-order chi connectivity index (χ0) is 14.4. The van der Waals surface area contributed by atoms with Gasteiger partial charge in [0.2, 0.25) is 0 Å². The van der Waals surface area contributed by atoms with Crippen LogP contribution >= 0.6 is 0 Å². The highest BCUT2D eigenvalue weighted by Gasteiger charge is 2.25. The Hall–Kier alpha value is -1.06. The molecule has 1 fully saturated rings. The van der Waals surface area contributed by atoms with E-state index in [1.165, 1.54) is 51.1 Å². The highest BCUT2D eigenvalue weighted by atomic mass is 15.2. The summed E-state index contributed by atoms with van der Waals surface area (Å²) in [5.41, 5.74) is 7.97. The number of likely N-dealkylation sites (N-methyl/N-ethyl adjacent to an activating group) is 1. The van der Waals surface area contributed by atoms with Gasteiger partial charge >= 0.3 is 0 Å². The molecule has 3 nitrogen and oxygen atoms in total. The summed E-state index contributed by atoms with van der Waals surface area (Å²) in [5.74, 6) is 0. The summed E-state index contributed by atoms with van der Waals surface area (Å²) in [4.78, 5) is 5.22. The Labute approximate surface area is 123 Å². The van der Waals surface area contributed by atoms with Crippen molar-refractivity contribution in [3.8, 4) is 0 Å². The molecule has 2 rings (SSSR count). The van der Waals surface area contributed by atoms with Crippen molar-refractivity contribution in [2.24, 2.45) is 0 Å². The number of aryl methyl sites for hydroxylation is 1. The van der Waals surface area contributed by atoms with Gasteiger partial charge in [-0.1, -0.05) is 26.0 Å². The summed E-state index contributed by atoms with van der Waals surface area (Å²) >= 11 is 0. The predicted octanol–water partition coefficient (Wildman–Crippen LogP) is 2.62. The molecule has 1 aromatic rings. The Bertz CT molecular complexity index is 384. The molecule has 0 spiro atoms. The molecule has 1 aromatic carbocycles. The van der Waals surface area contributed by atoms with Gasteiger partial charge in [0.25, 0.3) is 0 Å². The molecule has 0 saturated carbocycles. The minimum absolute atomic E-state index is 0.779. The molecule has 1 atom stereocenters. The number of nitrogens with zero attached hydrogens (tertiary/aromatic N) is 2. The van der Waals surface area contributed by atoms with E-state index in [-0.39, 0.29) is 0 Å². The van der Waals surface area contributed by atoms with Crippen molar-refractivity contribution in [3.63, 3.8) is 0 Å². The van der Waals surface area contributed by atoms with Crippen LogP contribution in [-0.2, 0) is 6.42 Å². The molecule has 2 N–H and O–H groups in total. The average molecular weight is 275 g/mol. The van der Waals surface area contributed by atoms with Crippen LogP contribution < -0.4 is 5.73 Å². The fourth-order valence-electron chi connectivity index (χ4n) is 3.24. The lowest BCUT2D eigenvalue weighted by Gasteiger charge is -2.26. The van der Waals surface area contributed by atoms with E-state index in [0.717, 1.165) is 18.2 Å². The van der Waals surface area contributed by atoms with Crippen LogP contribution in [0.3, 0.4) is 0 Å². The van der Waals surface area contributed by atoms with Crippen LogP contribution in [0.2, 0.25) is 0 Å². The van der Waals surface area contributed by atoms with Gasteiger partial charge in [-0.15, -0.1) is 0 Å². The number of hydrogen-bond donors (Lipinski definition) is 1. The highest BCUT2D eigenvalue weighted by molar-refractivity contribution is 5.39. The van der Waals surface area contributed by atoms with Crippen molar-refractivity contribution >= 4 is 5.69 Å². The molecular weight excluding hydrogens is 246 g/mol. The first kappa shape index (κ1) is 15.3. The summed E-state index contributed by atoms with van der Waals surface area (Å²) < 4.78 is 0. The number of nitrogens with two attached hydrogens (primary N) is 1. The van der Waals surface area contributed by atoms with E-state index in [0.29, 0.717) is 0 Å². The van der Waals surface area contributed by atoms with Gasteiger partial charge in [-0.25, -0.2) is 0 Å². The van der Waals surface area contributed by atoms with Crippen LogP contribution in [0.1, 0.15) is 32.3 Å². The number of likely N-dealkylation sites (tertiary alicyclic amines) is 1. The lowest BCUT2D eigenvalue weighted by molar-refractivity contribution is 0.210. The third kappa shape index (κ3) is 4.22. The normalized spacial score (nSPS) is 19.9. The van der Waals surface area contributed by atoms with E-state index in [2.05, 4.69) is 35.8 Å². The van der Waals surface area contributed by atoms with Crippen molar-refractivity contribution in [2.45, 2.75) is 39.2 Å². The second-order valence-corrected chi connectivity index (χ2v) is 5.81. The van der Waals surface area contributed by atoms with Gasteiger partial charge in [-0.2, -0.15) is 0 Å². The highest BCUT2D eigenvalue weighted by Crippen LogP contribution is 2.16. The Kier molecular flexibility index (Phi) is 5.86. The van der Waals surface area contributed by atoms with Crippen LogP contribution in [0.15, 0.2) is 24.3 Å². The van der Waals surface area contributed by atoms with Gasteiger partial charge in [0, 0.05) is 18.3 Å². The predicted molar refractivity (Wildman–Crippen MR) is 86.9 cm³/mol. The lowest BCUT2D eigenvalue weighted by atomic mass is 10.1. The van der Waals surface area contributed by atoms with E-state index in [4.69, 9.17) is 5.73 Å². The summed E-state index contributed by atoms with van der Waals surface area (Å²) in [6.07, 6.45) is 3.74. The van der Waals surface area contributed by atoms with Crippen molar-refractivity contribution in [1.29, 1.82) is 0 Å². The van der Waals surface area contributed by atoms with Crippen LogP contribution in [0.5, 0.6) is 0 Å². The third-order valence-electron chi connectivity index (χ3n) is 4.50. The Morgan fingerprint density at radius 3 is 2.55 bits per heavy atom. The van der Waals surface area contributed by atoms with Crippen LogP contribution in [0.25, 0.3) is 0 Å². The molecule has 1 saturated heterocycles. The maximum atomic E-state index is 5.71. The van der Waals surface area contributed by atoms with Crippen molar-refractivity contribution < 1.29 is 0 Å². The van der Waals surface area contributed by atoms with E-state index in [9.17, 15) is 0 Å². The van der Waals surface area contributed by atoms with Crippen LogP contribution in [0, 0.1) is 0 Å². The van der Waals surface area contributed by atoms with Gasteiger partial charge in [0.15, 0.2) is 0 Å². The van der Waals surface area contributed by atoms with Crippen molar-refractivity contribution in [2.75, 3.05) is 38.5 Å². The lowest BCUT2D eigenvalue weighted by Crippen LogP contribution is -2.37. The average Bonchev–Trinajstić information content (AvgIpc) is 2.91.